The molecular formula is C12H16BrN3O. The zero-order chi connectivity index (χ0) is 12.4. The predicted molar refractivity (Wildman–Crippen MR) is 70.8 cm³/mol. The molecule has 0 atom stereocenters. The summed E-state index contributed by atoms with van der Waals surface area (Å²) in [6, 6.07) is 2.06. The Balaban J connectivity index is 2.08. The van der Waals surface area contributed by atoms with E-state index in [4.69, 9.17) is 5.73 Å². The van der Waals surface area contributed by atoms with E-state index in [9.17, 15) is 4.79 Å². The monoisotopic (exact) mass is 297 g/mol. The molecule has 17 heavy (non-hydrogen) atoms. The number of amides is 1. The number of rotatable bonds is 2. The van der Waals surface area contributed by atoms with Crippen LogP contribution in [0.2, 0.25) is 0 Å². The highest BCUT2D eigenvalue weighted by atomic mass is 79.9. The molecule has 2 heterocycles. The minimum absolute atomic E-state index is 0.0296. The molecule has 4 nitrogen and oxygen atoms in total. The minimum Gasteiger partial charge on any atom is -0.369 e. The fraction of sp³-hybridized carbons (Fsp3) is 0.500. The van der Waals surface area contributed by atoms with Gasteiger partial charge in [-0.05, 0) is 47.3 Å². The van der Waals surface area contributed by atoms with Crippen molar-refractivity contribution in [2.24, 2.45) is 11.7 Å². The Morgan fingerprint density at radius 1 is 1.53 bits per heavy atom. The van der Waals surface area contributed by atoms with E-state index in [2.05, 4.69) is 31.9 Å². The Bertz CT molecular complexity index is 428. The van der Waals surface area contributed by atoms with Crippen LogP contribution in [0.15, 0.2) is 16.7 Å². The number of primary amides is 1. The van der Waals surface area contributed by atoms with E-state index in [1.807, 2.05) is 13.1 Å². The quantitative estimate of drug-likeness (QED) is 0.906. The number of hydrogen-bond donors (Lipinski definition) is 1. The molecule has 1 fully saturated rings. The number of hydrogen-bond acceptors (Lipinski definition) is 3. The maximum Gasteiger partial charge on any atom is 0.220 e. The maximum absolute atomic E-state index is 11.1. The smallest absolute Gasteiger partial charge is 0.220 e. The van der Waals surface area contributed by atoms with Gasteiger partial charge in [-0.3, -0.25) is 4.79 Å². The normalized spacial score (nSPS) is 17.2. The van der Waals surface area contributed by atoms with Crippen LogP contribution in [0.1, 0.15) is 18.4 Å². The van der Waals surface area contributed by atoms with E-state index < -0.39 is 0 Å². The van der Waals surface area contributed by atoms with Crippen molar-refractivity contribution in [1.29, 1.82) is 0 Å². The van der Waals surface area contributed by atoms with Crippen molar-refractivity contribution in [3.05, 3.63) is 22.3 Å². The molecule has 1 saturated heterocycles. The van der Waals surface area contributed by atoms with Crippen LogP contribution in [0.4, 0.5) is 5.82 Å². The first kappa shape index (κ1) is 12.4. The summed E-state index contributed by atoms with van der Waals surface area (Å²) >= 11 is 3.41. The van der Waals surface area contributed by atoms with Gasteiger partial charge in [-0.2, -0.15) is 0 Å². The van der Waals surface area contributed by atoms with Gasteiger partial charge in [0.05, 0.1) is 0 Å². The summed E-state index contributed by atoms with van der Waals surface area (Å²) in [6.45, 7) is 3.75. The van der Waals surface area contributed by atoms with Gasteiger partial charge in [0.25, 0.3) is 0 Å². The first-order chi connectivity index (χ1) is 8.08. The lowest BCUT2D eigenvalue weighted by molar-refractivity contribution is -0.122. The van der Waals surface area contributed by atoms with Crippen LogP contribution in [0.5, 0.6) is 0 Å². The number of aryl methyl sites for hydroxylation is 1. The molecule has 1 aromatic heterocycles. The van der Waals surface area contributed by atoms with E-state index in [0.717, 1.165) is 41.8 Å². The minimum atomic E-state index is -0.176. The maximum atomic E-state index is 11.1. The lowest BCUT2D eigenvalue weighted by Crippen LogP contribution is -2.39. The standard InChI is InChI=1S/C12H16BrN3O/c1-8-6-10(13)7-15-12(8)16-4-2-9(3-5-16)11(14)17/h6-7,9H,2-5H2,1H3,(H2,14,17). The molecular weight excluding hydrogens is 282 g/mol. The van der Waals surface area contributed by atoms with Crippen molar-refractivity contribution in [3.63, 3.8) is 0 Å². The Hall–Kier alpha value is -1.10. The van der Waals surface area contributed by atoms with Crippen LogP contribution in [0.3, 0.4) is 0 Å². The topological polar surface area (TPSA) is 59.2 Å². The third-order valence-electron chi connectivity index (χ3n) is 3.21. The van der Waals surface area contributed by atoms with Crippen LogP contribution >= 0.6 is 15.9 Å². The lowest BCUT2D eigenvalue weighted by atomic mass is 9.96. The molecule has 0 radical (unpaired) electrons. The molecule has 1 amide bonds. The second-order valence-corrected chi connectivity index (χ2v) is 5.37. The summed E-state index contributed by atoms with van der Waals surface area (Å²) < 4.78 is 0.991. The van der Waals surface area contributed by atoms with Gasteiger partial charge in [0.2, 0.25) is 5.91 Å². The number of carbonyl (C=O) groups excluding carboxylic acids is 1. The molecule has 5 heteroatoms. The van der Waals surface area contributed by atoms with Crippen LogP contribution < -0.4 is 10.6 Å². The summed E-state index contributed by atoms with van der Waals surface area (Å²) in [7, 11) is 0. The van der Waals surface area contributed by atoms with Crippen LogP contribution in [0.25, 0.3) is 0 Å². The largest absolute Gasteiger partial charge is 0.369 e. The molecule has 92 valence electrons. The number of aromatic nitrogens is 1. The van der Waals surface area contributed by atoms with Gasteiger partial charge in [-0.15, -0.1) is 0 Å². The van der Waals surface area contributed by atoms with Crippen molar-refractivity contribution < 1.29 is 4.79 Å². The van der Waals surface area contributed by atoms with Gasteiger partial charge in [0.1, 0.15) is 5.82 Å². The van der Waals surface area contributed by atoms with Gasteiger partial charge >= 0.3 is 0 Å². The third-order valence-corrected chi connectivity index (χ3v) is 3.65. The molecule has 2 rings (SSSR count). The SMILES string of the molecule is Cc1cc(Br)cnc1N1CCC(C(N)=O)CC1. The fourth-order valence-corrected chi connectivity index (χ4v) is 2.69. The Kier molecular flexibility index (Phi) is 3.66. The summed E-state index contributed by atoms with van der Waals surface area (Å²) in [4.78, 5) is 17.7. The molecule has 1 aliphatic heterocycles. The fourth-order valence-electron chi connectivity index (χ4n) is 2.24. The van der Waals surface area contributed by atoms with Crippen molar-refractivity contribution in [2.45, 2.75) is 19.8 Å². The second-order valence-electron chi connectivity index (χ2n) is 4.46. The highest BCUT2D eigenvalue weighted by Crippen LogP contribution is 2.25. The van der Waals surface area contributed by atoms with E-state index >= 15 is 0 Å². The van der Waals surface area contributed by atoms with E-state index in [1.54, 1.807) is 0 Å². The molecule has 2 N–H and O–H groups in total. The molecule has 0 bridgehead atoms. The van der Waals surface area contributed by atoms with Crippen molar-refractivity contribution >= 4 is 27.7 Å². The summed E-state index contributed by atoms with van der Waals surface area (Å²) in [5.41, 5.74) is 6.47. The van der Waals surface area contributed by atoms with Crippen LogP contribution in [-0.2, 0) is 4.79 Å². The van der Waals surface area contributed by atoms with Crippen molar-refractivity contribution in [2.75, 3.05) is 18.0 Å². The molecule has 0 saturated carbocycles. The van der Waals surface area contributed by atoms with E-state index in [1.165, 1.54) is 0 Å². The number of nitrogens with two attached hydrogens (primary N) is 1. The number of carbonyl (C=O) groups is 1. The number of anilines is 1. The third kappa shape index (κ3) is 2.77. The van der Waals surface area contributed by atoms with E-state index in [-0.39, 0.29) is 11.8 Å². The first-order valence-electron chi connectivity index (χ1n) is 5.74. The Morgan fingerprint density at radius 3 is 2.71 bits per heavy atom. The lowest BCUT2D eigenvalue weighted by Gasteiger charge is -2.32. The molecule has 0 aliphatic carbocycles. The number of pyridine rings is 1. The van der Waals surface area contributed by atoms with Gasteiger partial charge in [-0.1, -0.05) is 0 Å². The molecule has 0 unspecified atom stereocenters. The van der Waals surface area contributed by atoms with Crippen LogP contribution in [0, 0.1) is 12.8 Å². The molecule has 0 aromatic carbocycles. The Morgan fingerprint density at radius 2 is 2.18 bits per heavy atom. The van der Waals surface area contributed by atoms with Crippen molar-refractivity contribution in [1.82, 2.24) is 4.98 Å². The van der Waals surface area contributed by atoms with Crippen molar-refractivity contribution in [3.8, 4) is 0 Å². The second kappa shape index (κ2) is 5.04. The average molecular weight is 298 g/mol. The van der Waals surface area contributed by atoms with Gasteiger partial charge in [0.15, 0.2) is 0 Å². The summed E-state index contributed by atoms with van der Waals surface area (Å²) in [5, 5.41) is 0. The average Bonchev–Trinajstić information content (AvgIpc) is 2.29. The Labute approximate surface area is 109 Å². The summed E-state index contributed by atoms with van der Waals surface area (Å²) in [6.07, 6.45) is 3.46. The zero-order valence-electron chi connectivity index (χ0n) is 9.82. The first-order valence-corrected chi connectivity index (χ1v) is 6.53. The highest BCUT2D eigenvalue weighted by Gasteiger charge is 2.24. The van der Waals surface area contributed by atoms with Gasteiger partial charge in [-0.25, -0.2) is 4.98 Å². The number of piperidine rings is 1. The number of nitrogens with zero attached hydrogens (tertiary/aromatic N) is 2. The molecule has 1 aromatic rings. The highest BCUT2D eigenvalue weighted by molar-refractivity contribution is 9.10. The zero-order valence-corrected chi connectivity index (χ0v) is 11.4. The number of halogens is 1. The van der Waals surface area contributed by atoms with Gasteiger partial charge < -0.3 is 10.6 Å². The molecule has 1 aliphatic rings. The van der Waals surface area contributed by atoms with E-state index in [0.29, 0.717) is 0 Å². The van der Waals surface area contributed by atoms with Crippen LogP contribution in [-0.4, -0.2) is 24.0 Å². The predicted octanol–water partition coefficient (Wildman–Crippen LogP) is 1.85. The molecule has 0 spiro atoms. The summed E-state index contributed by atoms with van der Waals surface area (Å²) in [5.74, 6) is 0.864. The van der Waals surface area contributed by atoms with Gasteiger partial charge in [0, 0.05) is 29.7 Å².